The summed E-state index contributed by atoms with van der Waals surface area (Å²) in [6.45, 7) is 8.26. The minimum Gasteiger partial charge on any atom is -0.444 e. The fourth-order valence-electron chi connectivity index (χ4n) is 3.29. The van der Waals surface area contributed by atoms with Gasteiger partial charge in [0.25, 0.3) is 0 Å². The van der Waals surface area contributed by atoms with Crippen LogP contribution in [0.2, 0.25) is 0 Å². The molecular weight excluding hydrogens is 294 g/mol. The quantitative estimate of drug-likeness (QED) is 0.896. The Balaban J connectivity index is 1.37. The first-order valence-corrected chi connectivity index (χ1v) is 8.66. The highest BCUT2D eigenvalue weighted by molar-refractivity contribution is 5.80. The van der Waals surface area contributed by atoms with Gasteiger partial charge in [-0.3, -0.25) is 9.69 Å². The molecule has 1 atom stereocenters. The number of aromatic nitrogens is 1. The van der Waals surface area contributed by atoms with Crippen LogP contribution in [0, 0.1) is 19.8 Å². The van der Waals surface area contributed by atoms with Gasteiger partial charge in [-0.2, -0.15) is 0 Å². The highest BCUT2D eigenvalue weighted by atomic mass is 16.5. The third kappa shape index (κ3) is 4.32. The molecule has 1 N–H and O–H groups in total. The number of aryl methyl sites for hydroxylation is 2. The maximum Gasteiger partial charge on any atom is 0.249 e. The second-order valence-corrected chi connectivity index (χ2v) is 6.72. The van der Waals surface area contributed by atoms with Crippen LogP contribution >= 0.6 is 0 Å². The molecule has 0 saturated carbocycles. The molecule has 2 aliphatic rings. The molecular formula is C17H27N3O3. The maximum atomic E-state index is 12.0. The lowest BCUT2D eigenvalue weighted by atomic mass is 9.96. The molecule has 1 unspecified atom stereocenters. The molecule has 2 fully saturated rings. The zero-order valence-electron chi connectivity index (χ0n) is 14.1. The Bertz CT molecular complexity index is 510. The van der Waals surface area contributed by atoms with Crippen molar-refractivity contribution in [2.45, 2.75) is 52.2 Å². The summed E-state index contributed by atoms with van der Waals surface area (Å²) in [6.07, 6.45) is 3.84. The second kappa shape index (κ2) is 7.45. The second-order valence-electron chi connectivity index (χ2n) is 6.72. The van der Waals surface area contributed by atoms with Gasteiger partial charge in [0, 0.05) is 13.2 Å². The molecule has 6 heteroatoms. The Hall–Kier alpha value is -1.40. The molecule has 2 saturated heterocycles. The highest BCUT2D eigenvalue weighted by Gasteiger charge is 2.25. The van der Waals surface area contributed by atoms with Crippen molar-refractivity contribution in [2.75, 3.05) is 26.2 Å². The maximum absolute atomic E-state index is 12.0. The molecule has 0 radical (unpaired) electrons. The average molecular weight is 321 g/mol. The van der Waals surface area contributed by atoms with E-state index < -0.39 is 0 Å². The zero-order valence-corrected chi connectivity index (χ0v) is 14.1. The summed E-state index contributed by atoms with van der Waals surface area (Å²) >= 11 is 0. The predicted octanol–water partition coefficient (Wildman–Crippen LogP) is 1.80. The van der Waals surface area contributed by atoms with Gasteiger partial charge < -0.3 is 14.5 Å². The predicted molar refractivity (Wildman–Crippen MR) is 86.0 cm³/mol. The fourth-order valence-corrected chi connectivity index (χ4v) is 3.29. The van der Waals surface area contributed by atoms with Gasteiger partial charge in [-0.15, -0.1) is 0 Å². The summed E-state index contributed by atoms with van der Waals surface area (Å²) in [5.41, 5.74) is 0.978. The molecule has 1 aromatic rings. The number of amides is 1. The van der Waals surface area contributed by atoms with E-state index >= 15 is 0 Å². The normalized spacial score (nSPS) is 23.3. The lowest BCUT2D eigenvalue weighted by Crippen LogP contribution is -2.41. The van der Waals surface area contributed by atoms with Gasteiger partial charge in [0.05, 0.1) is 12.2 Å². The standard InChI is InChI=1S/C17H27N3O3/c1-12-13(2)23-16(19-12)11-20-7-5-14(6-8-20)10-18-17(21)15-4-3-9-22-15/h14-15H,3-11H2,1-2H3,(H,18,21). The van der Waals surface area contributed by atoms with Crippen LogP contribution in [-0.2, 0) is 16.1 Å². The number of carbonyl (C=O) groups is 1. The molecule has 0 aliphatic carbocycles. The summed E-state index contributed by atoms with van der Waals surface area (Å²) in [4.78, 5) is 18.8. The van der Waals surface area contributed by atoms with Crippen LogP contribution in [0.15, 0.2) is 4.42 Å². The molecule has 1 aromatic heterocycles. The molecule has 2 aliphatic heterocycles. The first kappa shape index (κ1) is 16.5. The Labute approximate surface area is 137 Å². The van der Waals surface area contributed by atoms with Crippen molar-refractivity contribution in [1.29, 1.82) is 0 Å². The lowest BCUT2D eigenvalue weighted by Gasteiger charge is -2.31. The molecule has 0 spiro atoms. The van der Waals surface area contributed by atoms with E-state index in [-0.39, 0.29) is 12.0 Å². The van der Waals surface area contributed by atoms with Crippen LogP contribution in [0.3, 0.4) is 0 Å². The topological polar surface area (TPSA) is 67.6 Å². The fraction of sp³-hybridized carbons (Fsp3) is 0.765. The monoisotopic (exact) mass is 321 g/mol. The van der Waals surface area contributed by atoms with Crippen molar-refractivity contribution in [3.05, 3.63) is 17.3 Å². The van der Waals surface area contributed by atoms with Crippen molar-refractivity contribution < 1.29 is 13.9 Å². The van der Waals surface area contributed by atoms with Crippen LogP contribution in [0.4, 0.5) is 0 Å². The summed E-state index contributed by atoms with van der Waals surface area (Å²) in [5.74, 6) is 2.34. The Morgan fingerprint density at radius 3 is 2.70 bits per heavy atom. The molecule has 3 heterocycles. The largest absolute Gasteiger partial charge is 0.444 e. The summed E-state index contributed by atoms with van der Waals surface area (Å²) in [7, 11) is 0. The summed E-state index contributed by atoms with van der Waals surface area (Å²) in [6, 6.07) is 0. The number of likely N-dealkylation sites (tertiary alicyclic amines) is 1. The molecule has 0 aromatic carbocycles. The number of nitrogens with one attached hydrogen (secondary N) is 1. The Kier molecular flexibility index (Phi) is 5.33. The Morgan fingerprint density at radius 2 is 2.09 bits per heavy atom. The van der Waals surface area contributed by atoms with E-state index in [2.05, 4.69) is 15.2 Å². The first-order chi connectivity index (χ1) is 11.1. The molecule has 23 heavy (non-hydrogen) atoms. The van der Waals surface area contributed by atoms with Crippen LogP contribution in [0.25, 0.3) is 0 Å². The van der Waals surface area contributed by atoms with Gasteiger partial charge in [-0.05, 0) is 58.5 Å². The van der Waals surface area contributed by atoms with E-state index in [9.17, 15) is 4.79 Å². The van der Waals surface area contributed by atoms with Crippen molar-refractivity contribution in [3.8, 4) is 0 Å². The lowest BCUT2D eigenvalue weighted by molar-refractivity contribution is -0.130. The number of rotatable bonds is 5. The van der Waals surface area contributed by atoms with Gasteiger partial charge in [-0.25, -0.2) is 4.98 Å². The van der Waals surface area contributed by atoms with Crippen molar-refractivity contribution in [1.82, 2.24) is 15.2 Å². The van der Waals surface area contributed by atoms with Gasteiger partial charge in [-0.1, -0.05) is 0 Å². The van der Waals surface area contributed by atoms with Gasteiger partial charge in [0.2, 0.25) is 11.8 Å². The number of hydrogen-bond donors (Lipinski definition) is 1. The van der Waals surface area contributed by atoms with E-state index in [1.165, 1.54) is 0 Å². The van der Waals surface area contributed by atoms with Gasteiger partial charge in [0.15, 0.2) is 0 Å². The summed E-state index contributed by atoms with van der Waals surface area (Å²) in [5, 5.41) is 3.06. The van der Waals surface area contributed by atoms with Gasteiger partial charge in [0.1, 0.15) is 11.9 Å². The number of hydrogen-bond acceptors (Lipinski definition) is 5. The molecule has 128 valence electrons. The smallest absolute Gasteiger partial charge is 0.249 e. The molecule has 3 rings (SSSR count). The molecule has 1 amide bonds. The van der Waals surface area contributed by atoms with Crippen LogP contribution in [0.1, 0.15) is 43.0 Å². The highest BCUT2D eigenvalue weighted by Crippen LogP contribution is 2.19. The van der Waals surface area contributed by atoms with E-state index in [1.54, 1.807) is 0 Å². The molecule has 0 bridgehead atoms. The van der Waals surface area contributed by atoms with Crippen molar-refractivity contribution in [2.24, 2.45) is 5.92 Å². The van der Waals surface area contributed by atoms with E-state index in [1.807, 2.05) is 13.8 Å². The van der Waals surface area contributed by atoms with E-state index in [4.69, 9.17) is 9.15 Å². The Morgan fingerprint density at radius 1 is 1.30 bits per heavy atom. The SMILES string of the molecule is Cc1nc(CN2CCC(CNC(=O)C3CCCO3)CC2)oc1C. The van der Waals surface area contributed by atoms with E-state index in [0.29, 0.717) is 5.92 Å². The van der Waals surface area contributed by atoms with Crippen LogP contribution < -0.4 is 5.32 Å². The van der Waals surface area contributed by atoms with E-state index in [0.717, 1.165) is 75.8 Å². The number of piperidine rings is 1. The third-order valence-corrected chi connectivity index (χ3v) is 4.93. The minimum atomic E-state index is -0.216. The number of carbonyl (C=O) groups excluding carboxylic acids is 1. The van der Waals surface area contributed by atoms with Crippen molar-refractivity contribution in [3.63, 3.8) is 0 Å². The number of ether oxygens (including phenoxy) is 1. The first-order valence-electron chi connectivity index (χ1n) is 8.66. The third-order valence-electron chi connectivity index (χ3n) is 4.93. The van der Waals surface area contributed by atoms with Gasteiger partial charge >= 0.3 is 0 Å². The number of nitrogens with zero attached hydrogens (tertiary/aromatic N) is 2. The van der Waals surface area contributed by atoms with Crippen LogP contribution in [-0.4, -0.2) is 48.1 Å². The summed E-state index contributed by atoms with van der Waals surface area (Å²) < 4.78 is 11.1. The zero-order chi connectivity index (χ0) is 16.2. The van der Waals surface area contributed by atoms with Crippen molar-refractivity contribution >= 4 is 5.91 Å². The molecule has 6 nitrogen and oxygen atoms in total. The number of oxazole rings is 1. The minimum absolute atomic E-state index is 0.0654. The van der Waals surface area contributed by atoms with Crippen LogP contribution in [0.5, 0.6) is 0 Å². The average Bonchev–Trinajstić information content (AvgIpc) is 3.17.